The van der Waals surface area contributed by atoms with E-state index in [2.05, 4.69) is 5.32 Å². The molecule has 2 amide bonds. The quantitative estimate of drug-likeness (QED) is 0.498. The van der Waals surface area contributed by atoms with Gasteiger partial charge < -0.3 is 10.2 Å². The molecule has 0 fully saturated rings. The number of thioether (sulfide) groups is 1. The maximum absolute atomic E-state index is 13.1. The molecule has 0 aliphatic carbocycles. The SMILES string of the molecule is CC[C@@H](C(=O)NC(C)C)N(Cc1ccccc1)C(=O)CSCc1ccc(Cl)c(Cl)c1. The Labute approximate surface area is 193 Å². The Morgan fingerprint density at radius 3 is 2.33 bits per heavy atom. The second-order valence-corrected chi connectivity index (χ2v) is 9.14. The lowest BCUT2D eigenvalue weighted by Gasteiger charge is -2.31. The average Bonchev–Trinajstić information content (AvgIpc) is 2.70. The number of rotatable bonds is 10. The van der Waals surface area contributed by atoms with Gasteiger partial charge in [-0.05, 0) is 43.5 Å². The largest absolute Gasteiger partial charge is 0.352 e. The van der Waals surface area contributed by atoms with Crippen LogP contribution < -0.4 is 5.32 Å². The van der Waals surface area contributed by atoms with Crippen LogP contribution in [0.5, 0.6) is 0 Å². The number of nitrogens with one attached hydrogen (secondary N) is 1. The molecule has 0 heterocycles. The number of benzene rings is 2. The van der Waals surface area contributed by atoms with Crippen molar-refractivity contribution in [3.8, 4) is 0 Å². The Kier molecular flexibility index (Phi) is 10.0. The number of carbonyl (C=O) groups is 2. The van der Waals surface area contributed by atoms with Gasteiger partial charge in [-0.25, -0.2) is 0 Å². The molecule has 0 bridgehead atoms. The van der Waals surface area contributed by atoms with Gasteiger partial charge in [0.15, 0.2) is 0 Å². The molecule has 0 unspecified atom stereocenters. The Hall–Kier alpha value is -1.69. The normalized spacial score (nSPS) is 11.9. The van der Waals surface area contributed by atoms with Gasteiger partial charge in [-0.15, -0.1) is 11.8 Å². The summed E-state index contributed by atoms with van der Waals surface area (Å²) in [5.41, 5.74) is 2.00. The number of carbonyl (C=O) groups excluding carboxylic acids is 2. The summed E-state index contributed by atoms with van der Waals surface area (Å²) in [6.07, 6.45) is 0.550. The van der Waals surface area contributed by atoms with Crippen LogP contribution >= 0.6 is 35.0 Å². The molecule has 1 N–H and O–H groups in total. The molecule has 0 aliphatic rings. The zero-order valence-electron chi connectivity index (χ0n) is 17.5. The molecule has 2 aromatic carbocycles. The van der Waals surface area contributed by atoms with Crippen LogP contribution in [-0.4, -0.2) is 34.6 Å². The Morgan fingerprint density at radius 1 is 1.03 bits per heavy atom. The van der Waals surface area contributed by atoms with Gasteiger partial charge in [0.05, 0.1) is 15.8 Å². The van der Waals surface area contributed by atoms with Crippen molar-refractivity contribution in [3.63, 3.8) is 0 Å². The molecule has 2 aromatic rings. The zero-order valence-corrected chi connectivity index (χ0v) is 19.9. The van der Waals surface area contributed by atoms with E-state index in [1.807, 2.05) is 63.2 Å². The summed E-state index contributed by atoms with van der Waals surface area (Å²) in [4.78, 5) is 27.6. The van der Waals surface area contributed by atoms with Gasteiger partial charge in [-0.3, -0.25) is 9.59 Å². The summed E-state index contributed by atoms with van der Waals surface area (Å²) < 4.78 is 0. The standard InChI is InChI=1S/C23H28Cl2N2O2S/c1-4-21(23(29)26-16(2)3)27(13-17-8-6-5-7-9-17)22(28)15-30-14-18-10-11-19(24)20(25)12-18/h5-12,16,21H,4,13-15H2,1-3H3,(H,26,29)/t21-/m0/s1. The molecule has 0 aliphatic heterocycles. The van der Waals surface area contributed by atoms with Crippen molar-refractivity contribution in [2.75, 3.05) is 5.75 Å². The lowest BCUT2D eigenvalue weighted by molar-refractivity contribution is -0.139. The molecule has 0 saturated heterocycles. The highest BCUT2D eigenvalue weighted by Gasteiger charge is 2.28. The van der Waals surface area contributed by atoms with Gasteiger partial charge >= 0.3 is 0 Å². The fraction of sp³-hybridized carbons (Fsp3) is 0.391. The van der Waals surface area contributed by atoms with E-state index in [9.17, 15) is 9.59 Å². The molecule has 2 rings (SSSR count). The number of amides is 2. The smallest absolute Gasteiger partial charge is 0.243 e. The van der Waals surface area contributed by atoms with Crippen LogP contribution in [0, 0.1) is 0 Å². The lowest BCUT2D eigenvalue weighted by Crippen LogP contribution is -2.50. The van der Waals surface area contributed by atoms with Crippen LogP contribution in [0.15, 0.2) is 48.5 Å². The fourth-order valence-corrected chi connectivity index (χ4v) is 4.23. The molecular formula is C23H28Cl2N2O2S. The van der Waals surface area contributed by atoms with Crippen LogP contribution in [0.4, 0.5) is 0 Å². The van der Waals surface area contributed by atoms with E-state index < -0.39 is 6.04 Å². The minimum atomic E-state index is -0.509. The minimum Gasteiger partial charge on any atom is -0.352 e. The molecule has 0 radical (unpaired) electrons. The Morgan fingerprint density at radius 2 is 1.73 bits per heavy atom. The summed E-state index contributed by atoms with van der Waals surface area (Å²) in [5.74, 6) is 0.732. The molecule has 7 heteroatoms. The second kappa shape index (κ2) is 12.2. The number of halogens is 2. The first-order valence-electron chi connectivity index (χ1n) is 9.97. The molecule has 30 heavy (non-hydrogen) atoms. The third-order valence-electron chi connectivity index (χ3n) is 4.49. The van der Waals surface area contributed by atoms with Gasteiger partial charge in [-0.2, -0.15) is 0 Å². The van der Waals surface area contributed by atoms with E-state index in [0.717, 1.165) is 11.1 Å². The summed E-state index contributed by atoms with van der Waals surface area (Å²) in [6, 6.07) is 14.7. The first-order valence-corrected chi connectivity index (χ1v) is 11.9. The van der Waals surface area contributed by atoms with Crippen molar-refractivity contribution in [1.82, 2.24) is 10.2 Å². The van der Waals surface area contributed by atoms with Gasteiger partial charge in [-0.1, -0.05) is 66.5 Å². The highest BCUT2D eigenvalue weighted by atomic mass is 35.5. The van der Waals surface area contributed by atoms with Gasteiger partial charge in [0, 0.05) is 18.3 Å². The summed E-state index contributed by atoms with van der Waals surface area (Å²) >= 11 is 13.5. The van der Waals surface area contributed by atoms with Crippen LogP contribution in [0.3, 0.4) is 0 Å². The predicted octanol–water partition coefficient (Wildman–Crippen LogP) is 5.56. The van der Waals surface area contributed by atoms with Crippen molar-refractivity contribution in [2.45, 2.75) is 51.6 Å². The third-order valence-corrected chi connectivity index (χ3v) is 6.22. The molecule has 162 valence electrons. The Bertz CT molecular complexity index is 846. The van der Waals surface area contributed by atoms with E-state index >= 15 is 0 Å². The summed E-state index contributed by atoms with van der Waals surface area (Å²) in [5, 5.41) is 3.96. The number of hydrogen-bond donors (Lipinski definition) is 1. The molecule has 0 aromatic heterocycles. The summed E-state index contributed by atoms with van der Waals surface area (Å²) in [6.45, 7) is 6.16. The van der Waals surface area contributed by atoms with Crippen molar-refractivity contribution >= 4 is 46.8 Å². The van der Waals surface area contributed by atoms with E-state index in [1.54, 1.807) is 11.0 Å². The van der Waals surface area contributed by atoms with Gasteiger partial charge in [0.25, 0.3) is 0 Å². The maximum Gasteiger partial charge on any atom is 0.243 e. The van der Waals surface area contributed by atoms with Gasteiger partial charge in [0.1, 0.15) is 6.04 Å². The van der Waals surface area contributed by atoms with Gasteiger partial charge in [0.2, 0.25) is 11.8 Å². The first-order chi connectivity index (χ1) is 14.3. The highest BCUT2D eigenvalue weighted by molar-refractivity contribution is 7.99. The lowest BCUT2D eigenvalue weighted by atomic mass is 10.1. The van der Waals surface area contributed by atoms with Crippen LogP contribution in [0.1, 0.15) is 38.3 Å². The van der Waals surface area contributed by atoms with Crippen molar-refractivity contribution in [2.24, 2.45) is 0 Å². The van der Waals surface area contributed by atoms with Crippen LogP contribution in [0.25, 0.3) is 0 Å². The Balaban J connectivity index is 2.10. The van der Waals surface area contributed by atoms with Crippen molar-refractivity contribution in [3.05, 3.63) is 69.7 Å². The van der Waals surface area contributed by atoms with E-state index in [4.69, 9.17) is 23.2 Å². The van der Waals surface area contributed by atoms with E-state index in [1.165, 1.54) is 11.8 Å². The third kappa shape index (κ3) is 7.53. The predicted molar refractivity (Wildman–Crippen MR) is 127 cm³/mol. The van der Waals surface area contributed by atoms with Crippen LogP contribution in [-0.2, 0) is 21.9 Å². The molecular weight excluding hydrogens is 439 g/mol. The first kappa shape index (κ1) is 24.6. The van der Waals surface area contributed by atoms with Crippen LogP contribution in [0.2, 0.25) is 10.0 Å². The van der Waals surface area contributed by atoms with E-state index in [-0.39, 0.29) is 23.6 Å². The molecule has 0 saturated carbocycles. The number of hydrogen-bond acceptors (Lipinski definition) is 3. The minimum absolute atomic E-state index is 0.0178. The monoisotopic (exact) mass is 466 g/mol. The number of nitrogens with zero attached hydrogens (tertiary/aromatic N) is 1. The molecule has 0 spiro atoms. The molecule has 4 nitrogen and oxygen atoms in total. The average molecular weight is 467 g/mol. The van der Waals surface area contributed by atoms with E-state index in [0.29, 0.717) is 28.8 Å². The second-order valence-electron chi connectivity index (χ2n) is 7.34. The topological polar surface area (TPSA) is 49.4 Å². The van der Waals surface area contributed by atoms with Crippen molar-refractivity contribution in [1.29, 1.82) is 0 Å². The highest BCUT2D eigenvalue weighted by Crippen LogP contribution is 2.25. The maximum atomic E-state index is 13.1. The zero-order chi connectivity index (χ0) is 22.1. The summed E-state index contributed by atoms with van der Waals surface area (Å²) in [7, 11) is 0. The molecule has 1 atom stereocenters. The van der Waals surface area contributed by atoms with Crippen molar-refractivity contribution < 1.29 is 9.59 Å². The fourth-order valence-electron chi connectivity index (χ4n) is 3.05.